The van der Waals surface area contributed by atoms with Crippen LogP contribution in [0.4, 0.5) is 17.3 Å². The van der Waals surface area contributed by atoms with E-state index in [2.05, 4.69) is 25.4 Å². The topological polar surface area (TPSA) is 92.7 Å². The highest BCUT2D eigenvalue weighted by atomic mass is 16.5. The predicted molar refractivity (Wildman–Crippen MR) is 117 cm³/mol. The largest absolute Gasteiger partial charge is 0.497 e. The van der Waals surface area contributed by atoms with E-state index in [1.165, 1.54) is 0 Å². The van der Waals surface area contributed by atoms with Crippen LogP contribution in [0.2, 0.25) is 0 Å². The second-order valence-electron chi connectivity index (χ2n) is 6.97. The van der Waals surface area contributed by atoms with Crippen molar-refractivity contribution in [3.8, 4) is 11.5 Å². The van der Waals surface area contributed by atoms with Crippen LogP contribution >= 0.6 is 0 Å². The van der Waals surface area contributed by atoms with Gasteiger partial charge in [0.05, 0.1) is 7.11 Å². The van der Waals surface area contributed by atoms with Gasteiger partial charge in [-0.2, -0.15) is 0 Å². The van der Waals surface area contributed by atoms with E-state index in [1.54, 1.807) is 43.8 Å². The van der Waals surface area contributed by atoms with E-state index >= 15 is 0 Å². The van der Waals surface area contributed by atoms with Crippen LogP contribution in [0.3, 0.4) is 0 Å². The number of anilines is 3. The Balaban J connectivity index is 1.24. The lowest BCUT2D eigenvalue weighted by atomic mass is 10.3. The van der Waals surface area contributed by atoms with Crippen LogP contribution < -0.4 is 19.7 Å². The molecule has 0 saturated carbocycles. The first-order chi connectivity index (χ1) is 15.2. The number of nitrogens with one attached hydrogen (secondary N) is 1. The van der Waals surface area contributed by atoms with Crippen LogP contribution in [-0.2, 0) is 4.79 Å². The molecule has 1 N–H and O–H groups in total. The van der Waals surface area contributed by atoms with Crippen molar-refractivity contribution in [1.29, 1.82) is 0 Å². The van der Waals surface area contributed by atoms with Gasteiger partial charge in [0.1, 0.15) is 11.5 Å². The normalized spacial score (nSPS) is 13.6. The third-order valence-electron chi connectivity index (χ3n) is 4.98. The minimum absolute atomic E-state index is 0.0154. The summed E-state index contributed by atoms with van der Waals surface area (Å²) in [7, 11) is 1.61. The Morgan fingerprint density at radius 2 is 1.65 bits per heavy atom. The van der Waals surface area contributed by atoms with Crippen LogP contribution in [0.15, 0.2) is 60.9 Å². The van der Waals surface area contributed by atoms with E-state index in [9.17, 15) is 4.79 Å². The number of hydrogen-bond donors (Lipinski definition) is 1. The van der Waals surface area contributed by atoms with Crippen LogP contribution in [0.5, 0.6) is 11.5 Å². The SMILES string of the molecule is COc1ccc(OCC(=O)N2CCN(c3ccc(Nc4ccncc4)nn3)CC2)cc1. The smallest absolute Gasteiger partial charge is 0.260 e. The molecule has 1 amide bonds. The number of carbonyl (C=O) groups excluding carboxylic acids is 1. The zero-order valence-electron chi connectivity index (χ0n) is 17.3. The maximum Gasteiger partial charge on any atom is 0.260 e. The summed E-state index contributed by atoms with van der Waals surface area (Å²) >= 11 is 0. The van der Waals surface area contributed by atoms with Crippen molar-refractivity contribution in [1.82, 2.24) is 20.1 Å². The second-order valence-corrected chi connectivity index (χ2v) is 6.97. The number of rotatable bonds is 7. The van der Waals surface area contributed by atoms with E-state index < -0.39 is 0 Å². The standard InChI is InChI=1S/C22H24N6O3/c1-30-18-2-4-19(5-3-18)31-16-22(29)28-14-12-27(13-15-28)21-7-6-20(25-26-21)24-17-8-10-23-11-9-17/h2-11H,12-16H2,1H3,(H,23,24,25). The zero-order chi connectivity index (χ0) is 21.5. The molecule has 4 rings (SSSR count). The predicted octanol–water partition coefficient (Wildman–Crippen LogP) is 2.35. The minimum Gasteiger partial charge on any atom is -0.497 e. The van der Waals surface area contributed by atoms with E-state index in [1.807, 2.05) is 29.2 Å². The Morgan fingerprint density at radius 1 is 0.935 bits per heavy atom. The number of ether oxygens (including phenoxy) is 2. The fourth-order valence-electron chi connectivity index (χ4n) is 3.24. The summed E-state index contributed by atoms with van der Waals surface area (Å²) in [6.07, 6.45) is 3.43. The molecule has 1 fully saturated rings. The molecule has 1 aromatic carbocycles. The molecule has 2 aromatic heterocycles. The van der Waals surface area contributed by atoms with Gasteiger partial charge in [0.15, 0.2) is 18.2 Å². The summed E-state index contributed by atoms with van der Waals surface area (Å²) in [6.45, 7) is 2.63. The summed E-state index contributed by atoms with van der Waals surface area (Å²) in [4.78, 5) is 20.4. The molecule has 0 aliphatic carbocycles. The monoisotopic (exact) mass is 420 g/mol. The summed E-state index contributed by atoms with van der Waals surface area (Å²) in [5.74, 6) is 2.82. The molecule has 0 spiro atoms. The molecule has 9 nitrogen and oxygen atoms in total. The number of hydrogen-bond acceptors (Lipinski definition) is 8. The lowest BCUT2D eigenvalue weighted by Gasteiger charge is -2.35. The molecule has 9 heteroatoms. The Hall–Kier alpha value is -3.88. The molecule has 160 valence electrons. The number of benzene rings is 1. The van der Waals surface area contributed by atoms with Gasteiger partial charge in [-0.05, 0) is 48.5 Å². The highest BCUT2D eigenvalue weighted by Gasteiger charge is 2.22. The molecule has 0 radical (unpaired) electrons. The third kappa shape index (κ3) is 5.39. The fourth-order valence-corrected chi connectivity index (χ4v) is 3.24. The first-order valence-corrected chi connectivity index (χ1v) is 10.0. The highest BCUT2D eigenvalue weighted by molar-refractivity contribution is 5.78. The first kappa shape index (κ1) is 20.4. The number of pyridine rings is 1. The van der Waals surface area contributed by atoms with Crippen molar-refractivity contribution in [3.05, 3.63) is 60.9 Å². The summed E-state index contributed by atoms with van der Waals surface area (Å²) in [6, 6.07) is 14.7. The molecule has 1 aliphatic rings. The Kier molecular flexibility index (Phi) is 6.41. The average molecular weight is 420 g/mol. The number of nitrogens with zero attached hydrogens (tertiary/aromatic N) is 5. The number of amides is 1. The van der Waals surface area contributed by atoms with E-state index in [4.69, 9.17) is 9.47 Å². The number of aromatic nitrogens is 3. The van der Waals surface area contributed by atoms with Crippen LogP contribution in [0, 0.1) is 0 Å². The van der Waals surface area contributed by atoms with Gasteiger partial charge < -0.3 is 24.6 Å². The average Bonchev–Trinajstić information content (AvgIpc) is 2.84. The number of carbonyl (C=O) groups is 1. The van der Waals surface area contributed by atoms with Gasteiger partial charge in [0, 0.05) is 44.3 Å². The van der Waals surface area contributed by atoms with E-state index in [-0.39, 0.29) is 12.5 Å². The molecule has 1 aliphatic heterocycles. The Bertz CT molecular complexity index is 974. The lowest BCUT2D eigenvalue weighted by molar-refractivity contribution is -0.133. The maximum atomic E-state index is 12.5. The molecular weight excluding hydrogens is 396 g/mol. The summed E-state index contributed by atoms with van der Waals surface area (Å²) in [5, 5.41) is 11.7. The number of piperazine rings is 1. The van der Waals surface area contributed by atoms with Crippen molar-refractivity contribution >= 4 is 23.2 Å². The van der Waals surface area contributed by atoms with Gasteiger partial charge in [0.25, 0.3) is 5.91 Å². The zero-order valence-corrected chi connectivity index (χ0v) is 17.3. The van der Waals surface area contributed by atoms with Crippen molar-refractivity contribution in [2.24, 2.45) is 0 Å². The molecule has 1 saturated heterocycles. The molecule has 3 aromatic rings. The molecule has 31 heavy (non-hydrogen) atoms. The van der Waals surface area contributed by atoms with Crippen molar-refractivity contribution in [3.63, 3.8) is 0 Å². The van der Waals surface area contributed by atoms with Crippen molar-refractivity contribution in [2.75, 3.05) is 50.1 Å². The summed E-state index contributed by atoms with van der Waals surface area (Å²) < 4.78 is 10.7. The second kappa shape index (κ2) is 9.75. The number of methoxy groups -OCH3 is 1. The minimum atomic E-state index is -0.0292. The van der Waals surface area contributed by atoms with Gasteiger partial charge >= 0.3 is 0 Å². The third-order valence-corrected chi connectivity index (χ3v) is 4.98. The van der Waals surface area contributed by atoms with Crippen LogP contribution in [-0.4, -0.2) is 65.9 Å². The molecule has 3 heterocycles. The lowest BCUT2D eigenvalue weighted by Crippen LogP contribution is -2.50. The first-order valence-electron chi connectivity index (χ1n) is 10.0. The van der Waals surface area contributed by atoms with Crippen molar-refractivity contribution < 1.29 is 14.3 Å². The summed E-state index contributed by atoms with van der Waals surface area (Å²) in [5.41, 5.74) is 0.904. The quantitative estimate of drug-likeness (QED) is 0.623. The van der Waals surface area contributed by atoms with E-state index in [0.717, 1.165) is 17.3 Å². The molecular formula is C22H24N6O3. The highest BCUT2D eigenvalue weighted by Crippen LogP contribution is 2.19. The molecule has 0 bridgehead atoms. The van der Waals surface area contributed by atoms with Crippen molar-refractivity contribution in [2.45, 2.75) is 0 Å². The van der Waals surface area contributed by atoms with E-state index in [0.29, 0.717) is 37.7 Å². The molecule has 0 unspecified atom stereocenters. The van der Waals surface area contributed by atoms with Gasteiger partial charge in [-0.3, -0.25) is 9.78 Å². The van der Waals surface area contributed by atoms with Crippen LogP contribution in [0.25, 0.3) is 0 Å². The Morgan fingerprint density at radius 3 is 2.29 bits per heavy atom. The maximum absolute atomic E-state index is 12.5. The fraction of sp³-hybridized carbons (Fsp3) is 0.273. The Labute approximate surface area is 180 Å². The molecule has 0 atom stereocenters. The van der Waals surface area contributed by atoms with Gasteiger partial charge in [0.2, 0.25) is 0 Å². The van der Waals surface area contributed by atoms with Gasteiger partial charge in [-0.25, -0.2) is 0 Å². The van der Waals surface area contributed by atoms with Crippen LogP contribution in [0.1, 0.15) is 0 Å². The van der Waals surface area contributed by atoms with Gasteiger partial charge in [-0.1, -0.05) is 0 Å². The van der Waals surface area contributed by atoms with Gasteiger partial charge in [-0.15, -0.1) is 10.2 Å².